The maximum Gasteiger partial charge on any atom is 0.0674 e. The van der Waals surface area contributed by atoms with E-state index < -0.39 is 0 Å². The van der Waals surface area contributed by atoms with Crippen LogP contribution in [0, 0.1) is 0 Å². The molecule has 1 heterocycles. The van der Waals surface area contributed by atoms with Gasteiger partial charge in [-0.05, 0) is 15.9 Å². The van der Waals surface area contributed by atoms with E-state index in [0.717, 1.165) is 10.2 Å². The fraction of sp³-hybridized carbons (Fsp3) is 0.400. The topological polar surface area (TPSA) is 55.9 Å². The molecule has 3 N–H and O–H groups in total. The number of rotatable bonds is 2. The van der Waals surface area contributed by atoms with Crippen LogP contribution >= 0.6 is 15.9 Å². The number of hydrogen-bond donors (Lipinski definition) is 2. The Hall–Kier alpha value is -0.390. The Balaban J connectivity index is 2.87. The number of halogens is 1. The quantitative estimate of drug-likeness (QED) is 0.533. The lowest BCUT2D eigenvalue weighted by atomic mass is 10.4. The van der Waals surface area contributed by atoms with Gasteiger partial charge < -0.3 is 0 Å². The Kier molecular flexibility index (Phi) is 2.42. The van der Waals surface area contributed by atoms with E-state index in [9.17, 15) is 0 Å². The first-order chi connectivity index (χ1) is 4.75. The van der Waals surface area contributed by atoms with E-state index in [1.807, 2.05) is 7.05 Å². The minimum absolute atomic E-state index is 0.622. The van der Waals surface area contributed by atoms with Crippen LogP contribution in [-0.2, 0) is 13.6 Å². The molecule has 10 heavy (non-hydrogen) atoms. The summed E-state index contributed by atoms with van der Waals surface area (Å²) in [4.78, 5) is 0. The summed E-state index contributed by atoms with van der Waals surface area (Å²) in [5.41, 5.74) is 3.60. The van der Waals surface area contributed by atoms with E-state index in [1.54, 1.807) is 10.9 Å². The van der Waals surface area contributed by atoms with E-state index in [2.05, 4.69) is 26.5 Å². The van der Waals surface area contributed by atoms with Crippen LogP contribution in [0.15, 0.2) is 10.7 Å². The van der Waals surface area contributed by atoms with Gasteiger partial charge >= 0.3 is 0 Å². The van der Waals surface area contributed by atoms with Crippen molar-refractivity contribution in [3.05, 3.63) is 16.4 Å². The normalized spacial score (nSPS) is 10.3. The minimum atomic E-state index is 0.622. The van der Waals surface area contributed by atoms with E-state index >= 15 is 0 Å². The molecule has 0 spiro atoms. The highest BCUT2D eigenvalue weighted by Gasteiger charge is 2.02. The smallest absolute Gasteiger partial charge is 0.0674 e. The van der Waals surface area contributed by atoms with Gasteiger partial charge in [-0.2, -0.15) is 5.10 Å². The van der Waals surface area contributed by atoms with Crippen molar-refractivity contribution in [3.8, 4) is 0 Å². The first kappa shape index (κ1) is 7.71. The van der Waals surface area contributed by atoms with Crippen molar-refractivity contribution in [2.75, 3.05) is 0 Å². The Morgan fingerprint density at radius 2 is 2.60 bits per heavy atom. The van der Waals surface area contributed by atoms with Gasteiger partial charge in [-0.1, -0.05) is 0 Å². The molecule has 0 unspecified atom stereocenters. The van der Waals surface area contributed by atoms with Crippen molar-refractivity contribution >= 4 is 15.9 Å². The summed E-state index contributed by atoms with van der Waals surface area (Å²) < 4.78 is 2.75. The third-order valence-corrected chi connectivity index (χ3v) is 1.94. The molecular weight excluding hydrogens is 196 g/mol. The molecule has 1 aromatic rings. The molecule has 56 valence electrons. The summed E-state index contributed by atoms with van der Waals surface area (Å²) in [7, 11) is 1.87. The standard InChI is InChI=1S/C5H9BrN4/c1-10-5(3-8-7)4(6)2-9-10/h2,8H,3,7H2,1H3. The average molecular weight is 205 g/mol. The predicted molar refractivity (Wildman–Crippen MR) is 41.9 cm³/mol. The van der Waals surface area contributed by atoms with Crippen molar-refractivity contribution in [1.82, 2.24) is 15.2 Å². The first-order valence-corrected chi connectivity index (χ1v) is 3.65. The van der Waals surface area contributed by atoms with Crippen LogP contribution in [0.25, 0.3) is 0 Å². The van der Waals surface area contributed by atoms with E-state index in [0.29, 0.717) is 6.54 Å². The Labute approximate surface area is 67.5 Å². The van der Waals surface area contributed by atoms with Crippen LogP contribution in [0.2, 0.25) is 0 Å². The molecule has 0 radical (unpaired) electrons. The molecule has 1 rings (SSSR count). The number of nitrogens with two attached hydrogens (primary N) is 1. The summed E-state index contributed by atoms with van der Waals surface area (Å²) in [6, 6.07) is 0. The first-order valence-electron chi connectivity index (χ1n) is 2.85. The fourth-order valence-corrected chi connectivity index (χ4v) is 1.22. The molecule has 0 aromatic carbocycles. The third kappa shape index (κ3) is 1.36. The molecule has 0 aliphatic heterocycles. The summed E-state index contributed by atoms with van der Waals surface area (Å²) in [5, 5.41) is 4.01. The molecule has 0 bridgehead atoms. The van der Waals surface area contributed by atoms with Gasteiger partial charge in [0.2, 0.25) is 0 Å². The van der Waals surface area contributed by atoms with Crippen molar-refractivity contribution < 1.29 is 0 Å². The second-order valence-electron chi connectivity index (χ2n) is 1.94. The van der Waals surface area contributed by atoms with Crippen molar-refractivity contribution in [2.45, 2.75) is 6.54 Å². The average Bonchev–Trinajstić information content (AvgIpc) is 2.20. The Morgan fingerprint density at radius 3 is 3.00 bits per heavy atom. The minimum Gasteiger partial charge on any atom is -0.271 e. The number of aromatic nitrogens is 2. The van der Waals surface area contributed by atoms with Gasteiger partial charge in [0.05, 0.1) is 22.9 Å². The molecule has 1 aromatic heterocycles. The molecule has 5 heteroatoms. The van der Waals surface area contributed by atoms with Crippen LogP contribution < -0.4 is 11.3 Å². The second-order valence-corrected chi connectivity index (χ2v) is 2.80. The highest BCUT2D eigenvalue weighted by atomic mass is 79.9. The summed E-state index contributed by atoms with van der Waals surface area (Å²) in [5.74, 6) is 5.15. The van der Waals surface area contributed by atoms with Crippen LogP contribution in [0.5, 0.6) is 0 Å². The molecule has 0 atom stereocenters. The number of nitrogens with one attached hydrogen (secondary N) is 1. The zero-order valence-corrected chi connectivity index (χ0v) is 7.22. The molecule has 0 fully saturated rings. The Morgan fingerprint density at radius 1 is 1.90 bits per heavy atom. The van der Waals surface area contributed by atoms with E-state index in [4.69, 9.17) is 5.84 Å². The lowest BCUT2D eigenvalue weighted by Crippen LogP contribution is -2.22. The summed E-state index contributed by atoms with van der Waals surface area (Å²) in [6.45, 7) is 0.622. The highest BCUT2D eigenvalue weighted by molar-refractivity contribution is 9.10. The van der Waals surface area contributed by atoms with Crippen LogP contribution in [0.4, 0.5) is 0 Å². The fourth-order valence-electron chi connectivity index (χ4n) is 0.732. The number of hydrogen-bond acceptors (Lipinski definition) is 3. The third-order valence-electron chi connectivity index (χ3n) is 1.28. The van der Waals surface area contributed by atoms with E-state index in [1.165, 1.54) is 0 Å². The van der Waals surface area contributed by atoms with Gasteiger partial charge in [0.25, 0.3) is 0 Å². The SMILES string of the molecule is Cn1ncc(Br)c1CNN. The second kappa shape index (κ2) is 3.14. The number of nitrogens with zero attached hydrogens (tertiary/aromatic N) is 2. The van der Waals surface area contributed by atoms with Crippen LogP contribution in [0.3, 0.4) is 0 Å². The van der Waals surface area contributed by atoms with Crippen molar-refractivity contribution in [3.63, 3.8) is 0 Å². The van der Waals surface area contributed by atoms with Gasteiger partial charge in [-0.25, -0.2) is 0 Å². The highest BCUT2D eigenvalue weighted by Crippen LogP contribution is 2.13. The maximum atomic E-state index is 5.15. The molecule has 4 nitrogen and oxygen atoms in total. The summed E-state index contributed by atoms with van der Waals surface area (Å²) >= 11 is 3.34. The monoisotopic (exact) mass is 204 g/mol. The maximum absolute atomic E-state index is 5.15. The van der Waals surface area contributed by atoms with Gasteiger partial charge in [-0.15, -0.1) is 0 Å². The molecule has 0 saturated carbocycles. The predicted octanol–water partition coefficient (Wildman–Crippen LogP) is 0.146. The largest absolute Gasteiger partial charge is 0.271 e. The molecule has 0 saturated heterocycles. The van der Waals surface area contributed by atoms with Crippen molar-refractivity contribution in [1.29, 1.82) is 0 Å². The number of aryl methyl sites for hydroxylation is 1. The Bertz CT molecular complexity index is 200. The van der Waals surface area contributed by atoms with Gasteiger partial charge in [0.1, 0.15) is 0 Å². The lowest BCUT2D eigenvalue weighted by molar-refractivity contribution is 0.645. The van der Waals surface area contributed by atoms with Gasteiger partial charge in [0.15, 0.2) is 0 Å². The molecule has 0 amide bonds. The van der Waals surface area contributed by atoms with E-state index in [-0.39, 0.29) is 0 Å². The lowest BCUT2D eigenvalue weighted by Gasteiger charge is -1.99. The van der Waals surface area contributed by atoms with Crippen LogP contribution in [-0.4, -0.2) is 9.78 Å². The zero-order valence-electron chi connectivity index (χ0n) is 5.63. The number of hydrazine groups is 1. The molecule has 0 aliphatic carbocycles. The zero-order chi connectivity index (χ0) is 7.56. The molecule has 0 aliphatic rings. The van der Waals surface area contributed by atoms with Crippen molar-refractivity contribution in [2.24, 2.45) is 12.9 Å². The molecular formula is C5H9BrN4. The van der Waals surface area contributed by atoms with Crippen LogP contribution in [0.1, 0.15) is 5.69 Å². The van der Waals surface area contributed by atoms with Gasteiger partial charge in [0, 0.05) is 7.05 Å². The van der Waals surface area contributed by atoms with Gasteiger partial charge in [-0.3, -0.25) is 16.0 Å². The summed E-state index contributed by atoms with van der Waals surface area (Å²) in [6.07, 6.45) is 1.74.